The van der Waals surface area contributed by atoms with Crippen LogP contribution in [0, 0.1) is 6.92 Å². The van der Waals surface area contributed by atoms with Gasteiger partial charge in [0.15, 0.2) is 0 Å². The van der Waals surface area contributed by atoms with Crippen molar-refractivity contribution in [2.45, 2.75) is 53.1 Å². The Hall–Kier alpha value is -2.04. The lowest BCUT2D eigenvalue weighted by molar-refractivity contribution is -0.140. The van der Waals surface area contributed by atoms with Crippen LogP contribution in [0.25, 0.3) is 0 Å². The van der Waals surface area contributed by atoms with Gasteiger partial charge in [-0.15, -0.1) is 0 Å². The van der Waals surface area contributed by atoms with Crippen LogP contribution in [0.2, 0.25) is 0 Å². The summed E-state index contributed by atoms with van der Waals surface area (Å²) in [6.07, 6.45) is 0.779. The van der Waals surface area contributed by atoms with Gasteiger partial charge in [-0.1, -0.05) is 24.6 Å². The minimum absolute atomic E-state index is 0.0217. The Morgan fingerprint density at radius 3 is 2.36 bits per heavy atom. The normalized spacial score (nSPS) is 13.1. The zero-order valence-corrected chi connectivity index (χ0v) is 14.0. The van der Waals surface area contributed by atoms with E-state index in [-0.39, 0.29) is 12.1 Å². The van der Waals surface area contributed by atoms with Crippen molar-refractivity contribution in [1.29, 1.82) is 0 Å². The first-order valence-electron chi connectivity index (χ1n) is 7.73. The lowest BCUT2D eigenvalue weighted by atomic mass is 10.0. The van der Waals surface area contributed by atoms with E-state index in [4.69, 9.17) is 4.74 Å². The highest BCUT2D eigenvalue weighted by Crippen LogP contribution is 2.26. The third-order valence-electron chi connectivity index (χ3n) is 3.48. The third-order valence-corrected chi connectivity index (χ3v) is 3.48. The number of ether oxygens (including phenoxy) is 1. The molecular weight excluding hydrogens is 280 g/mol. The Morgan fingerprint density at radius 1 is 1.14 bits per heavy atom. The average molecular weight is 306 g/mol. The van der Waals surface area contributed by atoms with Gasteiger partial charge >= 0.3 is 11.8 Å². The Morgan fingerprint density at radius 2 is 1.77 bits per heavy atom. The maximum Gasteiger partial charge on any atom is 0.309 e. The molecule has 0 spiro atoms. The van der Waals surface area contributed by atoms with E-state index in [0.717, 1.165) is 23.3 Å². The summed E-state index contributed by atoms with van der Waals surface area (Å²) in [5, 5.41) is 5.38. The number of benzene rings is 1. The molecule has 0 aromatic heterocycles. The van der Waals surface area contributed by atoms with Gasteiger partial charge in [-0.2, -0.15) is 0 Å². The van der Waals surface area contributed by atoms with Crippen LogP contribution in [0.1, 0.15) is 51.3 Å². The molecule has 5 nitrogen and oxygen atoms in total. The predicted molar refractivity (Wildman–Crippen MR) is 86.8 cm³/mol. The van der Waals surface area contributed by atoms with Gasteiger partial charge in [-0.3, -0.25) is 9.59 Å². The highest BCUT2D eigenvalue weighted by molar-refractivity contribution is 6.35. The maximum atomic E-state index is 12.0. The van der Waals surface area contributed by atoms with E-state index in [0.29, 0.717) is 6.61 Å². The van der Waals surface area contributed by atoms with Crippen molar-refractivity contribution in [3.05, 3.63) is 29.3 Å². The fourth-order valence-corrected chi connectivity index (χ4v) is 2.02. The Balaban J connectivity index is 2.79. The minimum atomic E-state index is -0.628. The molecule has 2 amide bonds. The summed E-state index contributed by atoms with van der Waals surface area (Å²) in [6, 6.07) is 5.47. The molecule has 1 aromatic carbocycles. The van der Waals surface area contributed by atoms with E-state index in [2.05, 4.69) is 10.6 Å². The van der Waals surface area contributed by atoms with Crippen LogP contribution in [-0.2, 0) is 9.59 Å². The summed E-state index contributed by atoms with van der Waals surface area (Å²) >= 11 is 0. The number of carbonyl (C=O) groups excluding carboxylic acids is 2. The summed E-state index contributed by atoms with van der Waals surface area (Å²) in [4.78, 5) is 23.8. The number of aryl methyl sites for hydroxylation is 1. The van der Waals surface area contributed by atoms with E-state index >= 15 is 0 Å². The van der Waals surface area contributed by atoms with Gasteiger partial charge in [0.1, 0.15) is 5.75 Å². The Labute approximate surface area is 132 Å². The van der Waals surface area contributed by atoms with E-state index in [1.165, 1.54) is 0 Å². The third kappa shape index (κ3) is 5.06. The zero-order chi connectivity index (χ0) is 16.7. The van der Waals surface area contributed by atoms with E-state index < -0.39 is 11.8 Å². The first-order valence-corrected chi connectivity index (χ1v) is 7.73. The van der Waals surface area contributed by atoms with Crippen molar-refractivity contribution in [2.24, 2.45) is 0 Å². The summed E-state index contributed by atoms with van der Waals surface area (Å²) in [5.74, 6) is -0.508. The fourth-order valence-electron chi connectivity index (χ4n) is 2.02. The van der Waals surface area contributed by atoms with Gasteiger partial charge in [0.2, 0.25) is 0 Å². The highest BCUT2D eigenvalue weighted by Gasteiger charge is 2.20. The van der Waals surface area contributed by atoms with Gasteiger partial charge in [-0.05, 0) is 40.2 Å². The predicted octanol–water partition coefficient (Wildman–Crippen LogP) is 2.49. The summed E-state index contributed by atoms with van der Waals surface area (Å²) in [7, 11) is 0. The fraction of sp³-hybridized carbons (Fsp3) is 0.529. The van der Waals surface area contributed by atoms with Crippen LogP contribution >= 0.6 is 0 Å². The standard InChI is InChI=1S/C17H26N2O3/c1-6-12(4)18-16(20)17(21)19-13(5)14-10-11(3)8-9-15(14)22-7-2/h8-10,12-13H,6-7H2,1-5H3,(H,18,20)(H,19,21). The van der Waals surface area contributed by atoms with Crippen molar-refractivity contribution < 1.29 is 14.3 Å². The van der Waals surface area contributed by atoms with Crippen LogP contribution in [0.5, 0.6) is 5.75 Å². The molecule has 0 aliphatic carbocycles. The number of nitrogens with one attached hydrogen (secondary N) is 2. The van der Waals surface area contributed by atoms with E-state index in [1.54, 1.807) is 0 Å². The summed E-state index contributed by atoms with van der Waals surface area (Å²) in [6.45, 7) is 10.1. The topological polar surface area (TPSA) is 67.4 Å². The molecule has 0 aliphatic rings. The molecule has 0 bridgehead atoms. The molecule has 0 fully saturated rings. The van der Waals surface area contributed by atoms with Gasteiger partial charge in [0, 0.05) is 11.6 Å². The number of carbonyl (C=O) groups is 2. The van der Waals surface area contributed by atoms with E-state index in [1.807, 2.05) is 52.8 Å². The molecule has 0 heterocycles. The summed E-state index contributed by atoms with van der Waals surface area (Å²) in [5.41, 5.74) is 1.94. The Bertz CT molecular complexity index is 529. The molecular formula is C17H26N2O3. The smallest absolute Gasteiger partial charge is 0.309 e. The monoisotopic (exact) mass is 306 g/mol. The van der Waals surface area contributed by atoms with Crippen molar-refractivity contribution in [1.82, 2.24) is 10.6 Å². The Kier molecular flexibility index (Phi) is 6.89. The van der Waals surface area contributed by atoms with Crippen molar-refractivity contribution in [3.8, 4) is 5.75 Å². The van der Waals surface area contributed by atoms with Crippen molar-refractivity contribution in [3.63, 3.8) is 0 Å². The maximum absolute atomic E-state index is 12.0. The molecule has 0 aliphatic heterocycles. The largest absolute Gasteiger partial charge is 0.494 e. The number of rotatable bonds is 6. The van der Waals surface area contributed by atoms with Crippen molar-refractivity contribution in [2.75, 3.05) is 6.61 Å². The molecule has 0 saturated carbocycles. The lowest BCUT2D eigenvalue weighted by Crippen LogP contribution is -2.44. The molecule has 2 atom stereocenters. The summed E-state index contributed by atoms with van der Waals surface area (Å²) < 4.78 is 5.59. The molecule has 2 unspecified atom stereocenters. The second-order valence-corrected chi connectivity index (χ2v) is 5.45. The van der Waals surface area contributed by atoms with Gasteiger partial charge in [-0.25, -0.2) is 0 Å². The van der Waals surface area contributed by atoms with Crippen LogP contribution in [0.4, 0.5) is 0 Å². The molecule has 2 N–H and O–H groups in total. The second kappa shape index (κ2) is 8.41. The van der Waals surface area contributed by atoms with Crippen LogP contribution in [0.3, 0.4) is 0 Å². The second-order valence-electron chi connectivity index (χ2n) is 5.45. The molecule has 122 valence electrons. The SMILES string of the molecule is CCOc1ccc(C)cc1C(C)NC(=O)C(=O)NC(C)CC. The first kappa shape index (κ1) is 18.0. The van der Waals surface area contributed by atoms with Crippen LogP contribution < -0.4 is 15.4 Å². The number of hydrogen-bond donors (Lipinski definition) is 2. The molecule has 22 heavy (non-hydrogen) atoms. The van der Waals surface area contributed by atoms with Crippen LogP contribution in [0.15, 0.2) is 18.2 Å². The van der Waals surface area contributed by atoms with Crippen LogP contribution in [-0.4, -0.2) is 24.5 Å². The molecule has 5 heteroatoms. The minimum Gasteiger partial charge on any atom is -0.494 e. The average Bonchev–Trinajstić information content (AvgIpc) is 2.48. The lowest BCUT2D eigenvalue weighted by Gasteiger charge is -2.19. The molecule has 1 aromatic rings. The quantitative estimate of drug-likeness (QED) is 0.793. The highest BCUT2D eigenvalue weighted by atomic mass is 16.5. The zero-order valence-electron chi connectivity index (χ0n) is 14.0. The molecule has 0 radical (unpaired) electrons. The van der Waals surface area contributed by atoms with Crippen molar-refractivity contribution >= 4 is 11.8 Å². The van der Waals surface area contributed by atoms with Gasteiger partial charge in [0.05, 0.1) is 12.6 Å². The van der Waals surface area contributed by atoms with Gasteiger partial charge in [0.25, 0.3) is 0 Å². The number of hydrogen-bond acceptors (Lipinski definition) is 3. The van der Waals surface area contributed by atoms with Gasteiger partial charge < -0.3 is 15.4 Å². The molecule has 0 saturated heterocycles. The molecule has 1 rings (SSSR count). The number of amides is 2. The van der Waals surface area contributed by atoms with E-state index in [9.17, 15) is 9.59 Å². The first-order chi connectivity index (χ1) is 10.4.